The highest BCUT2D eigenvalue weighted by Crippen LogP contribution is 2.32. The van der Waals surface area contributed by atoms with Gasteiger partial charge in [-0.15, -0.1) is 0 Å². The van der Waals surface area contributed by atoms with Crippen molar-refractivity contribution in [3.05, 3.63) is 30.0 Å². The maximum absolute atomic E-state index is 11.3. The number of aromatic hydroxyl groups is 1. The first-order chi connectivity index (χ1) is 8.32. The lowest BCUT2D eigenvalue weighted by Gasteiger charge is -2.08. The Labute approximate surface area is 103 Å². The molecule has 94 valence electrons. The smallest absolute Gasteiger partial charge is 0.295 e. The molecule has 0 amide bonds. The minimum atomic E-state index is -4.51. The Kier molecular flexibility index (Phi) is 2.80. The number of Topliss-reactive ketones (excluding diaryl/α,β-unsaturated/α-hetero) is 1. The van der Waals surface area contributed by atoms with Crippen LogP contribution in [0.4, 0.5) is 0 Å². The molecule has 18 heavy (non-hydrogen) atoms. The number of phenolic OH excluding ortho intramolecular Hbond substituents is 1. The highest BCUT2D eigenvalue weighted by atomic mass is 32.2. The molecule has 1 aromatic heterocycles. The zero-order valence-corrected chi connectivity index (χ0v) is 10.1. The molecular formula is C11H9NO5S. The number of phenols is 1. The van der Waals surface area contributed by atoms with Gasteiger partial charge in [-0.25, -0.2) is 0 Å². The molecule has 6 nitrogen and oxygen atoms in total. The van der Waals surface area contributed by atoms with Crippen LogP contribution in [0.1, 0.15) is 17.3 Å². The van der Waals surface area contributed by atoms with Crippen molar-refractivity contribution in [1.29, 1.82) is 0 Å². The minimum Gasteiger partial charge on any atom is -0.505 e. The maximum atomic E-state index is 11.3. The van der Waals surface area contributed by atoms with E-state index in [9.17, 15) is 18.3 Å². The third-order valence-electron chi connectivity index (χ3n) is 2.49. The maximum Gasteiger partial charge on any atom is 0.295 e. The van der Waals surface area contributed by atoms with Gasteiger partial charge in [-0.3, -0.25) is 14.3 Å². The van der Waals surface area contributed by atoms with Gasteiger partial charge in [0.2, 0.25) is 0 Å². The van der Waals surface area contributed by atoms with Crippen molar-refractivity contribution >= 4 is 26.8 Å². The molecule has 2 rings (SSSR count). The van der Waals surface area contributed by atoms with Crippen LogP contribution in [0.5, 0.6) is 5.75 Å². The first-order valence-corrected chi connectivity index (χ1v) is 6.35. The predicted octanol–water partition coefficient (Wildman–Crippen LogP) is 1.39. The normalized spacial score (nSPS) is 11.7. The van der Waals surface area contributed by atoms with Crippen LogP contribution in [0.15, 0.2) is 29.3 Å². The molecule has 0 bridgehead atoms. The minimum absolute atomic E-state index is 0.0437. The summed E-state index contributed by atoms with van der Waals surface area (Å²) < 4.78 is 31.7. The summed E-state index contributed by atoms with van der Waals surface area (Å²) in [4.78, 5) is 14.7. The number of fused-ring (bicyclic) bond motifs is 1. The van der Waals surface area contributed by atoms with Crippen LogP contribution in [-0.4, -0.2) is 28.8 Å². The van der Waals surface area contributed by atoms with Crippen molar-refractivity contribution in [3.8, 4) is 5.75 Å². The Morgan fingerprint density at radius 1 is 1.39 bits per heavy atom. The summed E-state index contributed by atoms with van der Waals surface area (Å²) in [6, 6.07) is 3.79. The molecule has 0 spiro atoms. The number of benzene rings is 1. The van der Waals surface area contributed by atoms with E-state index in [-0.39, 0.29) is 16.5 Å². The van der Waals surface area contributed by atoms with Gasteiger partial charge < -0.3 is 5.11 Å². The molecule has 1 heterocycles. The zero-order chi connectivity index (χ0) is 13.5. The van der Waals surface area contributed by atoms with Gasteiger partial charge in [-0.05, 0) is 25.1 Å². The molecule has 0 unspecified atom stereocenters. The van der Waals surface area contributed by atoms with Crippen molar-refractivity contribution in [2.75, 3.05) is 0 Å². The number of carbonyl (C=O) groups excluding carboxylic acids is 1. The number of hydrogen-bond donors (Lipinski definition) is 2. The molecule has 0 saturated heterocycles. The third-order valence-corrected chi connectivity index (χ3v) is 3.38. The number of aromatic nitrogens is 1. The van der Waals surface area contributed by atoms with Crippen LogP contribution in [-0.2, 0) is 10.1 Å². The lowest BCUT2D eigenvalue weighted by molar-refractivity contribution is 0.101. The van der Waals surface area contributed by atoms with E-state index in [0.717, 1.165) is 6.07 Å². The number of pyridine rings is 1. The van der Waals surface area contributed by atoms with E-state index in [4.69, 9.17) is 4.55 Å². The van der Waals surface area contributed by atoms with E-state index in [1.807, 2.05) is 0 Å². The molecule has 0 aliphatic carbocycles. The van der Waals surface area contributed by atoms with Gasteiger partial charge in [0.05, 0.1) is 5.56 Å². The van der Waals surface area contributed by atoms with Crippen LogP contribution >= 0.6 is 0 Å². The van der Waals surface area contributed by atoms with Crippen molar-refractivity contribution in [3.63, 3.8) is 0 Å². The summed E-state index contributed by atoms with van der Waals surface area (Å²) in [5, 5.41) is 9.91. The molecule has 7 heteroatoms. The average molecular weight is 267 g/mol. The third kappa shape index (κ3) is 1.93. The first-order valence-electron chi connectivity index (χ1n) is 4.91. The van der Waals surface area contributed by atoms with Crippen molar-refractivity contribution < 1.29 is 22.9 Å². The SMILES string of the molecule is CC(=O)c1cc(S(=O)(=O)O)c2cccnc2c1O. The van der Waals surface area contributed by atoms with Crippen molar-refractivity contribution in [2.24, 2.45) is 0 Å². The van der Waals surface area contributed by atoms with Crippen LogP contribution in [0, 0.1) is 0 Å². The summed E-state index contributed by atoms with van der Waals surface area (Å²) in [5.41, 5.74) is -0.244. The van der Waals surface area contributed by atoms with E-state index < -0.39 is 26.5 Å². The molecule has 0 aliphatic rings. The number of carbonyl (C=O) groups is 1. The van der Waals surface area contributed by atoms with Gasteiger partial charge >= 0.3 is 0 Å². The van der Waals surface area contributed by atoms with Crippen molar-refractivity contribution in [1.82, 2.24) is 4.98 Å². The number of nitrogens with zero attached hydrogens (tertiary/aromatic N) is 1. The topological polar surface area (TPSA) is 105 Å². The fourth-order valence-electron chi connectivity index (χ4n) is 1.68. The fraction of sp³-hybridized carbons (Fsp3) is 0.0909. The number of ketones is 1. The average Bonchev–Trinajstić information content (AvgIpc) is 2.27. The van der Waals surface area contributed by atoms with Gasteiger partial charge in [0.25, 0.3) is 10.1 Å². The summed E-state index contributed by atoms with van der Waals surface area (Å²) in [6.45, 7) is 1.18. The van der Waals surface area contributed by atoms with E-state index in [1.165, 1.54) is 25.3 Å². The second-order valence-corrected chi connectivity index (χ2v) is 5.09. The lowest BCUT2D eigenvalue weighted by atomic mass is 10.1. The Balaban J connectivity index is 3.03. The van der Waals surface area contributed by atoms with Gasteiger partial charge in [0, 0.05) is 11.6 Å². The number of rotatable bonds is 2. The molecular weight excluding hydrogens is 258 g/mol. The fourth-order valence-corrected chi connectivity index (χ4v) is 2.39. The summed E-state index contributed by atoms with van der Waals surface area (Å²) in [7, 11) is -4.51. The van der Waals surface area contributed by atoms with Crippen LogP contribution in [0.2, 0.25) is 0 Å². The molecule has 0 saturated carbocycles. The van der Waals surface area contributed by atoms with Gasteiger partial charge in [-0.1, -0.05) is 0 Å². The molecule has 1 aromatic carbocycles. The Bertz CT molecular complexity index is 751. The molecule has 0 aliphatic heterocycles. The summed E-state index contributed by atoms with van der Waals surface area (Å²) in [5.74, 6) is -0.921. The monoisotopic (exact) mass is 267 g/mol. The van der Waals surface area contributed by atoms with E-state index in [2.05, 4.69) is 4.98 Å². The van der Waals surface area contributed by atoms with Crippen LogP contribution in [0.25, 0.3) is 10.9 Å². The Morgan fingerprint density at radius 2 is 2.06 bits per heavy atom. The highest BCUT2D eigenvalue weighted by Gasteiger charge is 2.21. The molecule has 0 radical (unpaired) electrons. The van der Waals surface area contributed by atoms with Gasteiger partial charge in [0.15, 0.2) is 11.5 Å². The second-order valence-electron chi connectivity index (χ2n) is 3.70. The Morgan fingerprint density at radius 3 is 2.61 bits per heavy atom. The van der Waals surface area contributed by atoms with E-state index >= 15 is 0 Å². The summed E-state index contributed by atoms with van der Waals surface area (Å²) >= 11 is 0. The van der Waals surface area contributed by atoms with Gasteiger partial charge in [-0.2, -0.15) is 8.42 Å². The first kappa shape index (κ1) is 12.5. The number of hydrogen-bond acceptors (Lipinski definition) is 5. The quantitative estimate of drug-likeness (QED) is 0.629. The van der Waals surface area contributed by atoms with E-state index in [0.29, 0.717) is 0 Å². The molecule has 2 N–H and O–H groups in total. The second kappa shape index (κ2) is 4.04. The standard InChI is InChI=1S/C11H9NO5S/c1-6(13)8-5-9(18(15,16)17)7-3-2-4-12-10(7)11(8)14/h2-5,14H,1H3,(H,15,16,17). The molecule has 2 aromatic rings. The predicted molar refractivity (Wildman–Crippen MR) is 63.2 cm³/mol. The molecule has 0 fully saturated rings. The van der Waals surface area contributed by atoms with Crippen LogP contribution < -0.4 is 0 Å². The Hall–Kier alpha value is -1.99. The largest absolute Gasteiger partial charge is 0.505 e. The van der Waals surface area contributed by atoms with Crippen molar-refractivity contribution in [2.45, 2.75) is 11.8 Å². The van der Waals surface area contributed by atoms with E-state index in [1.54, 1.807) is 0 Å². The molecule has 0 atom stereocenters. The van der Waals surface area contributed by atoms with Crippen LogP contribution in [0.3, 0.4) is 0 Å². The van der Waals surface area contributed by atoms with Gasteiger partial charge in [0.1, 0.15) is 10.4 Å². The highest BCUT2D eigenvalue weighted by molar-refractivity contribution is 7.86. The lowest BCUT2D eigenvalue weighted by Crippen LogP contribution is -2.03. The summed E-state index contributed by atoms with van der Waals surface area (Å²) in [6.07, 6.45) is 1.35. The zero-order valence-electron chi connectivity index (χ0n) is 9.28.